The summed E-state index contributed by atoms with van der Waals surface area (Å²) in [5, 5.41) is 0. The minimum Gasteiger partial charge on any atom is -0.381 e. The molecule has 0 aromatic rings. The first-order valence-corrected chi connectivity index (χ1v) is 5.68. The summed E-state index contributed by atoms with van der Waals surface area (Å²) in [5.41, 5.74) is 5.48. The molecule has 1 unspecified atom stereocenters. The van der Waals surface area contributed by atoms with E-state index < -0.39 is 0 Å². The highest BCUT2D eigenvalue weighted by molar-refractivity contribution is 5.78. The largest absolute Gasteiger partial charge is 0.381 e. The molecular weight excluding hydrogens is 192 g/mol. The molecule has 1 aliphatic rings. The molecule has 4 nitrogen and oxygen atoms in total. The van der Waals surface area contributed by atoms with Crippen molar-refractivity contribution in [3.8, 4) is 0 Å². The first-order valence-electron chi connectivity index (χ1n) is 5.68. The Morgan fingerprint density at radius 3 is 2.67 bits per heavy atom. The van der Waals surface area contributed by atoms with Gasteiger partial charge in [-0.25, -0.2) is 0 Å². The number of hydrogen-bond donors (Lipinski definition) is 1. The van der Waals surface area contributed by atoms with Gasteiger partial charge < -0.3 is 15.4 Å². The number of ether oxygens (including phenoxy) is 1. The van der Waals surface area contributed by atoms with E-state index in [4.69, 9.17) is 10.5 Å². The summed E-state index contributed by atoms with van der Waals surface area (Å²) in [6.07, 6.45) is 2.13. The van der Waals surface area contributed by atoms with Gasteiger partial charge >= 0.3 is 0 Å². The maximum absolute atomic E-state index is 11.8. The predicted octanol–water partition coefficient (Wildman–Crippen LogP) is 0.466. The lowest BCUT2D eigenvalue weighted by Crippen LogP contribution is -2.39. The van der Waals surface area contributed by atoms with Crippen molar-refractivity contribution in [1.82, 2.24) is 4.90 Å². The topological polar surface area (TPSA) is 55.6 Å². The van der Waals surface area contributed by atoms with Crippen LogP contribution in [0.2, 0.25) is 0 Å². The lowest BCUT2D eigenvalue weighted by Gasteiger charge is -2.28. The van der Waals surface area contributed by atoms with Crippen LogP contribution in [-0.2, 0) is 9.53 Å². The van der Waals surface area contributed by atoms with Crippen molar-refractivity contribution < 1.29 is 9.53 Å². The van der Waals surface area contributed by atoms with E-state index in [2.05, 4.69) is 0 Å². The van der Waals surface area contributed by atoms with Crippen LogP contribution in [0, 0.1) is 11.8 Å². The third-order valence-corrected chi connectivity index (χ3v) is 3.02. The second kappa shape index (κ2) is 6.08. The van der Waals surface area contributed by atoms with E-state index in [1.807, 2.05) is 18.9 Å². The van der Waals surface area contributed by atoms with Gasteiger partial charge in [0.2, 0.25) is 5.91 Å². The van der Waals surface area contributed by atoms with E-state index in [9.17, 15) is 4.79 Å². The average Bonchev–Trinajstić information content (AvgIpc) is 2.28. The minimum atomic E-state index is -0.0603. The smallest absolute Gasteiger partial charge is 0.226 e. The monoisotopic (exact) mass is 214 g/mol. The van der Waals surface area contributed by atoms with Gasteiger partial charge in [0.1, 0.15) is 0 Å². The molecule has 1 amide bonds. The van der Waals surface area contributed by atoms with Gasteiger partial charge in [-0.1, -0.05) is 6.92 Å². The zero-order chi connectivity index (χ0) is 11.3. The molecule has 0 bridgehead atoms. The molecule has 1 aliphatic heterocycles. The van der Waals surface area contributed by atoms with Crippen LogP contribution in [-0.4, -0.2) is 44.2 Å². The molecule has 0 aliphatic carbocycles. The molecule has 4 heteroatoms. The fourth-order valence-corrected chi connectivity index (χ4v) is 1.88. The molecule has 1 fully saturated rings. The van der Waals surface area contributed by atoms with Gasteiger partial charge in [0.25, 0.3) is 0 Å². The van der Waals surface area contributed by atoms with E-state index in [1.165, 1.54) is 0 Å². The zero-order valence-corrected chi connectivity index (χ0v) is 9.74. The molecule has 0 aromatic heterocycles. The number of carbonyl (C=O) groups is 1. The first kappa shape index (κ1) is 12.5. The fourth-order valence-electron chi connectivity index (χ4n) is 1.88. The summed E-state index contributed by atoms with van der Waals surface area (Å²) in [7, 11) is 1.87. The Hall–Kier alpha value is -0.610. The van der Waals surface area contributed by atoms with Crippen molar-refractivity contribution in [2.75, 3.05) is 33.4 Å². The van der Waals surface area contributed by atoms with Gasteiger partial charge in [-0.3, -0.25) is 4.79 Å². The highest BCUT2D eigenvalue weighted by Crippen LogP contribution is 2.16. The van der Waals surface area contributed by atoms with Crippen LogP contribution in [0.4, 0.5) is 0 Å². The van der Waals surface area contributed by atoms with E-state index in [-0.39, 0.29) is 11.8 Å². The average molecular weight is 214 g/mol. The van der Waals surface area contributed by atoms with Crippen molar-refractivity contribution in [3.05, 3.63) is 0 Å². The van der Waals surface area contributed by atoms with Crippen LogP contribution in [0.3, 0.4) is 0 Å². The first-order chi connectivity index (χ1) is 7.15. The van der Waals surface area contributed by atoms with E-state index in [1.54, 1.807) is 0 Å². The molecule has 88 valence electrons. The summed E-state index contributed by atoms with van der Waals surface area (Å²) >= 11 is 0. The molecule has 0 radical (unpaired) electrons. The van der Waals surface area contributed by atoms with Crippen LogP contribution in [0.1, 0.15) is 19.8 Å². The Morgan fingerprint density at radius 2 is 2.13 bits per heavy atom. The molecular formula is C11H22N2O2. The lowest BCUT2D eigenvalue weighted by atomic mass is 9.99. The van der Waals surface area contributed by atoms with Crippen molar-refractivity contribution in [3.63, 3.8) is 0 Å². The predicted molar refractivity (Wildman–Crippen MR) is 59.4 cm³/mol. The summed E-state index contributed by atoms with van der Waals surface area (Å²) in [6.45, 7) is 4.81. The number of nitrogens with zero attached hydrogens (tertiary/aromatic N) is 1. The second-order valence-electron chi connectivity index (χ2n) is 4.41. The Bertz CT molecular complexity index is 203. The third kappa shape index (κ3) is 3.80. The summed E-state index contributed by atoms with van der Waals surface area (Å²) in [4.78, 5) is 13.6. The molecule has 15 heavy (non-hydrogen) atoms. The van der Waals surface area contributed by atoms with E-state index >= 15 is 0 Å². The Morgan fingerprint density at radius 1 is 1.53 bits per heavy atom. The van der Waals surface area contributed by atoms with Crippen LogP contribution in [0.15, 0.2) is 0 Å². The van der Waals surface area contributed by atoms with Crippen LogP contribution >= 0.6 is 0 Å². The normalized spacial score (nSPS) is 19.9. The summed E-state index contributed by atoms with van der Waals surface area (Å²) in [5.74, 6) is 0.691. The van der Waals surface area contributed by atoms with Crippen molar-refractivity contribution in [1.29, 1.82) is 0 Å². The van der Waals surface area contributed by atoms with Gasteiger partial charge in [-0.2, -0.15) is 0 Å². The Balaban J connectivity index is 2.33. The van der Waals surface area contributed by atoms with Crippen LogP contribution in [0.25, 0.3) is 0 Å². The van der Waals surface area contributed by atoms with E-state index in [0.29, 0.717) is 12.5 Å². The van der Waals surface area contributed by atoms with Gasteiger partial charge in [0.05, 0.1) is 0 Å². The molecule has 0 saturated carbocycles. The quantitative estimate of drug-likeness (QED) is 0.740. The highest BCUT2D eigenvalue weighted by Gasteiger charge is 2.21. The Kier molecular flexibility index (Phi) is 5.05. The lowest BCUT2D eigenvalue weighted by molar-refractivity contribution is -0.134. The number of amides is 1. The number of hydrogen-bond acceptors (Lipinski definition) is 3. The van der Waals surface area contributed by atoms with Gasteiger partial charge in [-0.05, 0) is 18.8 Å². The maximum Gasteiger partial charge on any atom is 0.226 e. The molecule has 0 aromatic carbocycles. The van der Waals surface area contributed by atoms with E-state index in [0.717, 1.165) is 32.6 Å². The molecule has 1 rings (SSSR count). The number of rotatable bonds is 4. The maximum atomic E-state index is 11.8. The summed E-state index contributed by atoms with van der Waals surface area (Å²) < 4.78 is 5.29. The second-order valence-corrected chi connectivity index (χ2v) is 4.41. The summed E-state index contributed by atoms with van der Waals surface area (Å²) in [6, 6.07) is 0. The van der Waals surface area contributed by atoms with Crippen molar-refractivity contribution in [2.45, 2.75) is 19.8 Å². The van der Waals surface area contributed by atoms with Crippen LogP contribution < -0.4 is 5.73 Å². The fraction of sp³-hybridized carbons (Fsp3) is 0.909. The Labute approximate surface area is 91.8 Å². The van der Waals surface area contributed by atoms with Crippen molar-refractivity contribution in [2.24, 2.45) is 17.6 Å². The minimum absolute atomic E-state index is 0.0603. The molecule has 1 atom stereocenters. The molecule has 2 N–H and O–H groups in total. The van der Waals surface area contributed by atoms with Gasteiger partial charge in [0.15, 0.2) is 0 Å². The zero-order valence-electron chi connectivity index (χ0n) is 9.74. The van der Waals surface area contributed by atoms with Gasteiger partial charge in [-0.15, -0.1) is 0 Å². The SMILES string of the molecule is CC(CN)C(=O)N(C)CC1CCOCC1. The molecule has 1 heterocycles. The third-order valence-electron chi connectivity index (χ3n) is 3.02. The van der Waals surface area contributed by atoms with Crippen molar-refractivity contribution >= 4 is 5.91 Å². The number of carbonyl (C=O) groups excluding carboxylic acids is 1. The molecule has 1 saturated heterocycles. The standard InChI is InChI=1S/C11H22N2O2/c1-9(7-12)11(14)13(2)8-10-3-5-15-6-4-10/h9-10H,3-8,12H2,1-2H3. The van der Waals surface area contributed by atoms with Crippen LogP contribution in [0.5, 0.6) is 0 Å². The molecule has 0 spiro atoms. The van der Waals surface area contributed by atoms with Gasteiger partial charge in [0, 0.05) is 39.3 Å². The highest BCUT2D eigenvalue weighted by atomic mass is 16.5. The number of nitrogens with two attached hydrogens (primary N) is 1.